The van der Waals surface area contributed by atoms with Gasteiger partial charge in [0, 0.05) is 23.7 Å². The summed E-state index contributed by atoms with van der Waals surface area (Å²) < 4.78 is 0. The molecule has 0 saturated heterocycles. The van der Waals surface area contributed by atoms with Crippen molar-refractivity contribution in [3.8, 4) is 0 Å². The van der Waals surface area contributed by atoms with Crippen molar-refractivity contribution >= 4 is 11.8 Å². The minimum atomic E-state index is 0.304. The predicted molar refractivity (Wildman–Crippen MR) is 63.8 cm³/mol. The molecule has 0 aromatic carbocycles. The number of nitrogens with one attached hydrogen (secondary N) is 1. The molecule has 1 aliphatic rings. The molecule has 1 aromatic heterocycles. The second-order valence-electron chi connectivity index (χ2n) is 4.69. The van der Waals surface area contributed by atoms with Crippen molar-refractivity contribution < 1.29 is 0 Å². The van der Waals surface area contributed by atoms with E-state index < -0.39 is 0 Å². The van der Waals surface area contributed by atoms with Crippen molar-refractivity contribution in [2.24, 2.45) is 17.6 Å². The van der Waals surface area contributed by atoms with Crippen LogP contribution in [0.2, 0.25) is 0 Å². The average molecular weight is 225 g/mol. The molecule has 4 unspecified atom stereocenters. The Bertz CT molecular complexity index is 287. The predicted octanol–water partition coefficient (Wildman–Crippen LogP) is 2.26. The highest BCUT2D eigenvalue weighted by molar-refractivity contribution is 7.99. The summed E-state index contributed by atoms with van der Waals surface area (Å²) in [6.07, 6.45) is 6.09. The van der Waals surface area contributed by atoms with E-state index in [4.69, 9.17) is 5.73 Å². The van der Waals surface area contributed by atoms with Gasteiger partial charge < -0.3 is 10.7 Å². The highest BCUT2D eigenvalue weighted by Crippen LogP contribution is 2.37. The Kier molecular flexibility index (Phi) is 3.36. The lowest BCUT2D eigenvalue weighted by atomic mass is 9.80. The van der Waals surface area contributed by atoms with E-state index in [0.29, 0.717) is 17.2 Å². The average Bonchev–Trinajstić information content (AvgIpc) is 2.63. The maximum absolute atomic E-state index is 6.21. The van der Waals surface area contributed by atoms with Gasteiger partial charge in [0.05, 0.1) is 0 Å². The largest absolute Gasteiger partial charge is 0.340 e. The summed E-state index contributed by atoms with van der Waals surface area (Å²) in [6.45, 7) is 4.60. The standard InChI is InChI=1S/C11H19N3S/c1-7-5-8(2)10(9(12)6-7)15-11-13-3-4-14-11/h3-4,7-10H,5-6,12H2,1-2H3,(H,13,14). The molecular formula is C11H19N3S. The number of aromatic nitrogens is 2. The summed E-state index contributed by atoms with van der Waals surface area (Å²) in [5.74, 6) is 1.45. The van der Waals surface area contributed by atoms with Crippen LogP contribution < -0.4 is 5.73 Å². The highest BCUT2D eigenvalue weighted by atomic mass is 32.2. The van der Waals surface area contributed by atoms with Crippen LogP contribution in [0.25, 0.3) is 0 Å². The topological polar surface area (TPSA) is 54.7 Å². The van der Waals surface area contributed by atoms with E-state index in [0.717, 1.165) is 17.5 Å². The number of nitrogens with two attached hydrogens (primary N) is 1. The Balaban J connectivity index is 2.01. The number of aromatic amines is 1. The van der Waals surface area contributed by atoms with Crippen LogP contribution in [0.4, 0.5) is 0 Å². The first-order chi connectivity index (χ1) is 7.16. The molecule has 3 nitrogen and oxygen atoms in total. The van der Waals surface area contributed by atoms with Gasteiger partial charge in [-0.05, 0) is 24.7 Å². The second-order valence-corrected chi connectivity index (χ2v) is 5.86. The maximum atomic E-state index is 6.21. The summed E-state index contributed by atoms with van der Waals surface area (Å²) in [5, 5.41) is 1.50. The molecule has 84 valence electrons. The van der Waals surface area contributed by atoms with E-state index in [2.05, 4.69) is 23.8 Å². The maximum Gasteiger partial charge on any atom is 0.165 e. The molecule has 0 radical (unpaired) electrons. The van der Waals surface area contributed by atoms with Crippen LogP contribution in [-0.2, 0) is 0 Å². The van der Waals surface area contributed by atoms with Gasteiger partial charge in [-0.1, -0.05) is 25.6 Å². The van der Waals surface area contributed by atoms with Crippen molar-refractivity contribution in [3.05, 3.63) is 12.4 Å². The lowest BCUT2D eigenvalue weighted by molar-refractivity contribution is 0.279. The van der Waals surface area contributed by atoms with Gasteiger partial charge in [-0.25, -0.2) is 4.98 Å². The van der Waals surface area contributed by atoms with Gasteiger partial charge >= 0.3 is 0 Å². The Morgan fingerprint density at radius 2 is 2.27 bits per heavy atom. The second kappa shape index (κ2) is 4.58. The van der Waals surface area contributed by atoms with E-state index in [9.17, 15) is 0 Å². The van der Waals surface area contributed by atoms with Crippen LogP contribution in [0.5, 0.6) is 0 Å². The van der Waals surface area contributed by atoms with Gasteiger partial charge in [-0.2, -0.15) is 0 Å². The van der Waals surface area contributed by atoms with E-state index in [1.807, 2.05) is 6.20 Å². The number of rotatable bonds is 2. The van der Waals surface area contributed by atoms with Crippen molar-refractivity contribution in [1.82, 2.24) is 9.97 Å². The summed E-state index contributed by atoms with van der Waals surface area (Å²) in [6, 6.07) is 0.304. The first-order valence-corrected chi connectivity index (χ1v) is 6.46. The fourth-order valence-electron chi connectivity index (χ4n) is 2.53. The quantitative estimate of drug-likeness (QED) is 0.811. The van der Waals surface area contributed by atoms with Gasteiger partial charge in [0.2, 0.25) is 0 Å². The third-order valence-electron chi connectivity index (χ3n) is 3.15. The molecule has 0 aliphatic heterocycles. The van der Waals surface area contributed by atoms with E-state index in [1.165, 1.54) is 6.42 Å². The van der Waals surface area contributed by atoms with Gasteiger partial charge in [0.1, 0.15) is 0 Å². The molecule has 4 atom stereocenters. The summed E-state index contributed by atoms with van der Waals surface area (Å²) >= 11 is 1.80. The van der Waals surface area contributed by atoms with Crippen LogP contribution in [0.15, 0.2) is 17.6 Å². The van der Waals surface area contributed by atoms with Crippen LogP contribution in [0.1, 0.15) is 26.7 Å². The van der Waals surface area contributed by atoms with Gasteiger partial charge in [0.25, 0.3) is 0 Å². The zero-order chi connectivity index (χ0) is 10.8. The molecule has 0 amide bonds. The molecule has 4 heteroatoms. The number of thioether (sulfide) groups is 1. The zero-order valence-electron chi connectivity index (χ0n) is 9.31. The van der Waals surface area contributed by atoms with Crippen molar-refractivity contribution in [2.45, 2.75) is 43.1 Å². The zero-order valence-corrected chi connectivity index (χ0v) is 10.1. The number of hydrogen-bond acceptors (Lipinski definition) is 3. The lowest BCUT2D eigenvalue weighted by Gasteiger charge is -2.36. The molecule has 0 bridgehead atoms. The van der Waals surface area contributed by atoms with Crippen LogP contribution in [0.3, 0.4) is 0 Å². The summed E-state index contributed by atoms with van der Waals surface area (Å²) in [4.78, 5) is 7.38. The Labute approximate surface area is 95.2 Å². The van der Waals surface area contributed by atoms with Crippen molar-refractivity contribution in [2.75, 3.05) is 0 Å². The smallest absolute Gasteiger partial charge is 0.165 e. The van der Waals surface area contributed by atoms with Crippen molar-refractivity contribution in [1.29, 1.82) is 0 Å². The highest BCUT2D eigenvalue weighted by Gasteiger charge is 2.32. The number of H-pyrrole nitrogens is 1. The van der Waals surface area contributed by atoms with Gasteiger partial charge in [0.15, 0.2) is 5.16 Å². The Morgan fingerprint density at radius 1 is 1.47 bits per heavy atom. The molecular weight excluding hydrogens is 206 g/mol. The fraction of sp³-hybridized carbons (Fsp3) is 0.727. The first kappa shape index (κ1) is 11.0. The molecule has 1 saturated carbocycles. The molecule has 1 fully saturated rings. The fourth-order valence-corrected chi connectivity index (χ4v) is 3.68. The monoisotopic (exact) mass is 225 g/mol. The van der Waals surface area contributed by atoms with Crippen LogP contribution in [0, 0.1) is 11.8 Å². The molecule has 1 heterocycles. The third-order valence-corrected chi connectivity index (χ3v) is 4.69. The lowest BCUT2D eigenvalue weighted by Crippen LogP contribution is -2.42. The first-order valence-electron chi connectivity index (χ1n) is 5.58. The van der Waals surface area contributed by atoms with Gasteiger partial charge in [-0.3, -0.25) is 0 Å². The SMILES string of the molecule is CC1CC(C)C(Sc2ncc[nH]2)C(N)C1. The van der Waals surface area contributed by atoms with Crippen LogP contribution in [-0.4, -0.2) is 21.3 Å². The number of nitrogens with zero attached hydrogens (tertiary/aromatic N) is 1. The number of hydrogen-bond donors (Lipinski definition) is 2. The van der Waals surface area contributed by atoms with Crippen LogP contribution >= 0.6 is 11.8 Å². The normalized spacial score (nSPS) is 36.7. The molecule has 1 aromatic rings. The Hall–Kier alpha value is -0.480. The molecule has 0 spiro atoms. The van der Waals surface area contributed by atoms with Crippen molar-refractivity contribution in [3.63, 3.8) is 0 Å². The molecule has 1 aliphatic carbocycles. The minimum absolute atomic E-state index is 0.304. The molecule has 15 heavy (non-hydrogen) atoms. The van der Waals surface area contributed by atoms with E-state index in [-0.39, 0.29) is 0 Å². The summed E-state index contributed by atoms with van der Waals surface area (Å²) in [7, 11) is 0. The van der Waals surface area contributed by atoms with E-state index >= 15 is 0 Å². The van der Waals surface area contributed by atoms with E-state index in [1.54, 1.807) is 18.0 Å². The minimum Gasteiger partial charge on any atom is -0.340 e. The number of imidazole rings is 1. The summed E-state index contributed by atoms with van der Waals surface area (Å²) in [5.41, 5.74) is 6.21. The third kappa shape index (κ3) is 2.55. The molecule has 3 N–H and O–H groups in total. The molecule has 2 rings (SSSR count). The van der Waals surface area contributed by atoms with Gasteiger partial charge in [-0.15, -0.1) is 0 Å². The Morgan fingerprint density at radius 3 is 2.87 bits per heavy atom.